The van der Waals surface area contributed by atoms with Crippen LogP contribution >= 0.6 is 15.9 Å². The highest BCUT2D eigenvalue weighted by Gasteiger charge is 2.09. The fraction of sp³-hybridized carbons (Fsp3) is 0.0625. The molecule has 3 nitrogen and oxygen atoms in total. The number of nitrogens with one attached hydrogen (secondary N) is 1. The number of aromatic hydroxyl groups is 1. The predicted octanol–water partition coefficient (Wildman–Crippen LogP) is 4.83. The molecule has 0 radical (unpaired) electrons. The van der Waals surface area contributed by atoms with Gasteiger partial charge in [-0.05, 0) is 48.9 Å². The van der Waals surface area contributed by atoms with Crippen LogP contribution in [0.4, 0.5) is 10.1 Å². The molecule has 1 aromatic heterocycles. The van der Waals surface area contributed by atoms with E-state index in [9.17, 15) is 9.50 Å². The maximum Gasteiger partial charge on any atom is 0.198 e. The molecule has 5 heteroatoms. The lowest BCUT2D eigenvalue weighted by atomic mass is 10.1. The molecule has 0 aliphatic rings. The standard InChI is InChI=1S/C16H12BrFN2O/c1-9-6-10(17)2-4-14(9)19-8-13-12-7-11(18)3-5-15(12)20-16(13)21/h2-8,20-21H,1H3. The van der Waals surface area contributed by atoms with Gasteiger partial charge >= 0.3 is 0 Å². The summed E-state index contributed by atoms with van der Waals surface area (Å²) in [5.74, 6) is -0.370. The van der Waals surface area contributed by atoms with E-state index >= 15 is 0 Å². The Balaban J connectivity index is 2.06. The zero-order chi connectivity index (χ0) is 15.0. The molecular formula is C16H12BrFN2O. The van der Waals surface area contributed by atoms with E-state index in [1.807, 2.05) is 25.1 Å². The molecule has 0 spiro atoms. The average molecular weight is 347 g/mol. The summed E-state index contributed by atoms with van der Waals surface area (Å²) in [6.45, 7) is 1.95. The summed E-state index contributed by atoms with van der Waals surface area (Å²) in [5, 5.41) is 10.5. The molecule has 106 valence electrons. The number of aliphatic imine (C=N–C) groups is 1. The molecule has 0 atom stereocenters. The van der Waals surface area contributed by atoms with E-state index in [2.05, 4.69) is 25.9 Å². The van der Waals surface area contributed by atoms with Crippen LogP contribution in [0.5, 0.6) is 5.88 Å². The van der Waals surface area contributed by atoms with E-state index in [4.69, 9.17) is 0 Å². The second-order valence-electron chi connectivity index (χ2n) is 4.77. The molecule has 2 aromatic carbocycles. The molecule has 0 amide bonds. The van der Waals surface area contributed by atoms with Crippen molar-refractivity contribution in [2.45, 2.75) is 6.92 Å². The van der Waals surface area contributed by atoms with Crippen LogP contribution < -0.4 is 0 Å². The number of rotatable bonds is 2. The Hall–Kier alpha value is -2.14. The molecule has 0 saturated carbocycles. The van der Waals surface area contributed by atoms with Gasteiger partial charge in [0.15, 0.2) is 5.88 Å². The molecule has 0 unspecified atom stereocenters. The SMILES string of the molecule is Cc1cc(Br)ccc1N=Cc1c(O)[nH]c2ccc(F)cc12. The van der Waals surface area contributed by atoms with Gasteiger partial charge in [-0.25, -0.2) is 4.39 Å². The van der Waals surface area contributed by atoms with Crippen molar-refractivity contribution in [1.82, 2.24) is 4.98 Å². The summed E-state index contributed by atoms with van der Waals surface area (Å²) >= 11 is 3.40. The van der Waals surface area contributed by atoms with Gasteiger partial charge in [0.05, 0.1) is 11.3 Å². The zero-order valence-electron chi connectivity index (χ0n) is 11.2. The number of benzene rings is 2. The van der Waals surface area contributed by atoms with Crippen molar-refractivity contribution in [1.29, 1.82) is 0 Å². The first-order valence-electron chi connectivity index (χ1n) is 6.35. The van der Waals surface area contributed by atoms with E-state index in [0.717, 1.165) is 15.7 Å². The zero-order valence-corrected chi connectivity index (χ0v) is 12.8. The number of fused-ring (bicyclic) bond motifs is 1. The van der Waals surface area contributed by atoms with Gasteiger partial charge in [0, 0.05) is 21.6 Å². The number of nitrogens with zero attached hydrogens (tertiary/aromatic N) is 1. The molecule has 3 aromatic rings. The average Bonchev–Trinajstić information content (AvgIpc) is 2.73. The lowest BCUT2D eigenvalue weighted by Gasteiger charge is -2.00. The Bertz CT molecular complexity index is 855. The summed E-state index contributed by atoms with van der Waals surface area (Å²) in [5.41, 5.74) is 2.95. The Morgan fingerprint density at radius 1 is 1.24 bits per heavy atom. The minimum absolute atomic E-state index is 0.0193. The summed E-state index contributed by atoms with van der Waals surface area (Å²) < 4.78 is 14.3. The molecule has 3 rings (SSSR count). The minimum Gasteiger partial charge on any atom is -0.494 e. The van der Waals surface area contributed by atoms with Gasteiger partial charge in [-0.2, -0.15) is 0 Å². The van der Waals surface area contributed by atoms with Crippen molar-refractivity contribution in [2.24, 2.45) is 4.99 Å². The molecule has 1 heterocycles. The van der Waals surface area contributed by atoms with Crippen molar-refractivity contribution in [3.8, 4) is 5.88 Å². The van der Waals surface area contributed by atoms with Crippen LogP contribution in [0.1, 0.15) is 11.1 Å². The maximum atomic E-state index is 13.4. The Labute approximate surface area is 129 Å². The highest BCUT2D eigenvalue weighted by Crippen LogP contribution is 2.28. The Morgan fingerprint density at radius 2 is 2.05 bits per heavy atom. The first-order valence-corrected chi connectivity index (χ1v) is 7.14. The topological polar surface area (TPSA) is 48.4 Å². The van der Waals surface area contributed by atoms with E-state index < -0.39 is 0 Å². The number of hydrogen-bond acceptors (Lipinski definition) is 2. The van der Waals surface area contributed by atoms with Crippen LogP contribution in [0, 0.1) is 12.7 Å². The number of hydrogen-bond donors (Lipinski definition) is 2. The van der Waals surface area contributed by atoms with Crippen LogP contribution in [0.25, 0.3) is 10.9 Å². The first kappa shape index (κ1) is 13.8. The summed E-state index contributed by atoms with van der Waals surface area (Å²) in [4.78, 5) is 7.19. The van der Waals surface area contributed by atoms with Gasteiger partial charge in [-0.1, -0.05) is 15.9 Å². The second-order valence-corrected chi connectivity index (χ2v) is 5.68. The largest absolute Gasteiger partial charge is 0.494 e. The number of aromatic nitrogens is 1. The lowest BCUT2D eigenvalue weighted by Crippen LogP contribution is -1.82. The molecule has 21 heavy (non-hydrogen) atoms. The third-order valence-corrected chi connectivity index (χ3v) is 3.76. The lowest BCUT2D eigenvalue weighted by molar-refractivity contribution is 0.457. The molecule has 0 aliphatic carbocycles. The number of H-pyrrole nitrogens is 1. The molecule has 0 fully saturated rings. The third kappa shape index (κ3) is 2.69. The summed E-state index contributed by atoms with van der Waals surface area (Å²) in [7, 11) is 0. The molecule has 0 aliphatic heterocycles. The van der Waals surface area contributed by atoms with E-state index in [1.54, 1.807) is 12.3 Å². The van der Waals surface area contributed by atoms with Crippen LogP contribution in [-0.2, 0) is 0 Å². The predicted molar refractivity (Wildman–Crippen MR) is 86.1 cm³/mol. The maximum absolute atomic E-state index is 13.4. The quantitative estimate of drug-likeness (QED) is 0.641. The highest BCUT2D eigenvalue weighted by molar-refractivity contribution is 9.10. The third-order valence-electron chi connectivity index (χ3n) is 3.27. The number of aryl methyl sites for hydroxylation is 1. The van der Waals surface area contributed by atoms with Crippen LogP contribution in [-0.4, -0.2) is 16.3 Å². The molecule has 0 saturated heterocycles. The second kappa shape index (κ2) is 5.33. The highest BCUT2D eigenvalue weighted by atomic mass is 79.9. The van der Waals surface area contributed by atoms with Crippen molar-refractivity contribution >= 4 is 38.7 Å². The Morgan fingerprint density at radius 3 is 2.81 bits per heavy atom. The van der Waals surface area contributed by atoms with Gasteiger partial charge < -0.3 is 10.1 Å². The molecular weight excluding hydrogens is 335 g/mol. The first-order chi connectivity index (χ1) is 10.0. The Kier molecular flexibility index (Phi) is 3.51. The van der Waals surface area contributed by atoms with Crippen molar-refractivity contribution < 1.29 is 9.50 Å². The van der Waals surface area contributed by atoms with E-state index in [-0.39, 0.29) is 11.7 Å². The van der Waals surface area contributed by atoms with Crippen molar-refractivity contribution in [3.05, 3.63) is 57.8 Å². The number of aromatic amines is 1. The monoisotopic (exact) mass is 346 g/mol. The van der Waals surface area contributed by atoms with Crippen LogP contribution in [0.3, 0.4) is 0 Å². The smallest absolute Gasteiger partial charge is 0.198 e. The van der Waals surface area contributed by atoms with Crippen molar-refractivity contribution in [2.75, 3.05) is 0 Å². The molecule has 2 N–H and O–H groups in total. The van der Waals surface area contributed by atoms with E-state index in [0.29, 0.717) is 16.5 Å². The summed E-state index contributed by atoms with van der Waals surface area (Å²) in [6.07, 6.45) is 1.55. The van der Waals surface area contributed by atoms with Gasteiger partial charge in [0.1, 0.15) is 5.82 Å². The summed E-state index contributed by atoms with van der Waals surface area (Å²) in [6, 6.07) is 10.0. The normalized spacial score (nSPS) is 11.6. The van der Waals surface area contributed by atoms with Gasteiger partial charge in [-0.15, -0.1) is 0 Å². The fourth-order valence-corrected chi connectivity index (χ4v) is 2.67. The fourth-order valence-electron chi connectivity index (χ4n) is 2.20. The molecule has 0 bridgehead atoms. The van der Waals surface area contributed by atoms with Gasteiger partial charge in [0.25, 0.3) is 0 Å². The van der Waals surface area contributed by atoms with Crippen molar-refractivity contribution in [3.63, 3.8) is 0 Å². The van der Waals surface area contributed by atoms with Crippen LogP contribution in [0.2, 0.25) is 0 Å². The number of halogens is 2. The minimum atomic E-state index is -0.351. The van der Waals surface area contributed by atoms with E-state index in [1.165, 1.54) is 12.1 Å². The van der Waals surface area contributed by atoms with Crippen LogP contribution in [0.15, 0.2) is 45.9 Å². The van der Waals surface area contributed by atoms with Gasteiger partial charge in [-0.3, -0.25) is 4.99 Å². The van der Waals surface area contributed by atoms with Gasteiger partial charge in [0.2, 0.25) is 0 Å².